The summed E-state index contributed by atoms with van der Waals surface area (Å²) in [6.07, 6.45) is 0. The molecule has 3 aromatic rings. The highest BCUT2D eigenvalue weighted by molar-refractivity contribution is 7.44. The van der Waals surface area contributed by atoms with Gasteiger partial charge in [0.25, 0.3) is 14.4 Å². The molecule has 4 N–H and O–H groups in total. The first-order valence-corrected chi connectivity index (χ1v) is 10.6. The molecule has 0 saturated heterocycles. The first-order valence-electron chi connectivity index (χ1n) is 8.56. The van der Waals surface area contributed by atoms with Crippen molar-refractivity contribution in [2.45, 2.75) is 6.54 Å². The highest BCUT2D eigenvalue weighted by Crippen LogP contribution is 2.31. The van der Waals surface area contributed by atoms with E-state index in [1.807, 2.05) is 47.8 Å². The first kappa shape index (κ1) is 20.5. The molecule has 0 unspecified atom stereocenters. The van der Waals surface area contributed by atoms with Crippen LogP contribution in [0.4, 0.5) is 11.4 Å². The van der Waals surface area contributed by atoms with Crippen molar-refractivity contribution >= 4 is 37.1 Å². The van der Waals surface area contributed by atoms with Gasteiger partial charge >= 0.3 is 0 Å². The lowest BCUT2D eigenvalue weighted by molar-refractivity contribution is 0.102. The molecule has 0 aliphatic carbocycles. The number of anilines is 2. The fraction of sp³-hybridized carbons (Fsp3) is 0.150. The molecule has 0 bridgehead atoms. The average molecular weight is 415 g/mol. The summed E-state index contributed by atoms with van der Waals surface area (Å²) in [6, 6.07) is 17.0. The van der Waals surface area contributed by atoms with E-state index in [0.29, 0.717) is 23.5 Å². The topological polar surface area (TPSA) is 85.6 Å². The van der Waals surface area contributed by atoms with E-state index in [1.165, 1.54) is 0 Å². The number of hydrogen-bond donors (Lipinski definition) is 3. The number of nitrogens with two attached hydrogens (primary N) is 1. The second kappa shape index (κ2) is 9.78. The summed E-state index contributed by atoms with van der Waals surface area (Å²) in [7, 11) is 2.09. The molecule has 0 atom stereocenters. The summed E-state index contributed by atoms with van der Waals surface area (Å²) < 4.78 is 10.3. The minimum Gasteiger partial charge on any atom is -0.397 e. The summed E-state index contributed by atoms with van der Waals surface area (Å²) in [4.78, 5) is 13.7. The van der Waals surface area contributed by atoms with Crippen molar-refractivity contribution in [1.29, 1.82) is 0 Å². The third-order valence-electron chi connectivity index (χ3n) is 4.07. The van der Waals surface area contributed by atoms with E-state index in [-0.39, 0.29) is 5.91 Å². The number of benzene rings is 2. The Balaban J connectivity index is 1.67. The van der Waals surface area contributed by atoms with Gasteiger partial charge in [-0.25, -0.2) is 5.09 Å². The molecule has 28 heavy (non-hydrogen) atoms. The van der Waals surface area contributed by atoms with Gasteiger partial charge in [-0.3, -0.25) is 4.79 Å². The summed E-state index contributed by atoms with van der Waals surface area (Å²) in [5, 5.41) is 8.08. The largest absolute Gasteiger partial charge is 0.397 e. The Bertz CT molecular complexity index is 913. The predicted octanol–water partition coefficient (Wildman–Crippen LogP) is 4.86. The van der Waals surface area contributed by atoms with E-state index in [9.17, 15) is 4.79 Å². The van der Waals surface area contributed by atoms with E-state index < -0.39 is 8.53 Å². The van der Waals surface area contributed by atoms with Crippen LogP contribution in [-0.4, -0.2) is 20.1 Å². The zero-order chi connectivity index (χ0) is 19.9. The summed E-state index contributed by atoms with van der Waals surface area (Å²) >= 11 is 1.64. The molecule has 0 aliphatic heterocycles. The first-order chi connectivity index (χ1) is 13.6. The van der Waals surface area contributed by atoms with Crippen molar-refractivity contribution in [2.24, 2.45) is 0 Å². The molecule has 1 heterocycles. The van der Waals surface area contributed by atoms with Gasteiger partial charge in [0.05, 0.1) is 11.4 Å². The third-order valence-corrected chi connectivity index (χ3v) is 6.07. The minimum absolute atomic E-state index is 0.203. The van der Waals surface area contributed by atoms with E-state index in [1.54, 1.807) is 37.7 Å². The summed E-state index contributed by atoms with van der Waals surface area (Å²) in [5.74, 6) is -0.203. The highest BCUT2D eigenvalue weighted by Gasteiger charge is 2.11. The van der Waals surface area contributed by atoms with Gasteiger partial charge in [0.1, 0.15) is 0 Å². The van der Waals surface area contributed by atoms with Gasteiger partial charge in [-0.05, 0) is 46.8 Å². The van der Waals surface area contributed by atoms with Crippen LogP contribution in [0.2, 0.25) is 0 Å². The van der Waals surface area contributed by atoms with Crippen molar-refractivity contribution in [3.8, 4) is 10.4 Å². The molecule has 0 aliphatic rings. The van der Waals surface area contributed by atoms with Crippen LogP contribution in [0.1, 0.15) is 15.9 Å². The fourth-order valence-electron chi connectivity index (χ4n) is 2.59. The number of nitrogens with one attached hydrogen (secondary N) is 2. The maximum absolute atomic E-state index is 12.6. The fourth-order valence-corrected chi connectivity index (χ4v) is 4.03. The van der Waals surface area contributed by atoms with Crippen LogP contribution >= 0.6 is 19.9 Å². The Morgan fingerprint density at radius 3 is 2.50 bits per heavy atom. The van der Waals surface area contributed by atoms with Crippen molar-refractivity contribution in [3.05, 3.63) is 71.1 Å². The SMILES string of the molecule is COP(NCc1ccc(C(=O)Nc2cc(-c3cccs3)ccc2N)cc1)OC. The second-order valence-corrected chi connectivity index (χ2v) is 8.40. The molecule has 6 nitrogen and oxygen atoms in total. The molecule has 3 rings (SSSR count). The normalized spacial score (nSPS) is 11.0. The number of carbonyl (C=O) groups is 1. The number of thiophene rings is 1. The van der Waals surface area contributed by atoms with Gasteiger partial charge in [0, 0.05) is 31.2 Å². The van der Waals surface area contributed by atoms with Gasteiger partial charge in [-0.2, -0.15) is 0 Å². The van der Waals surface area contributed by atoms with Crippen LogP contribution in [0.3, 0.4) is 0 Å². The lowest BCUT2D eigenvalue weighted by atomic mass is 10.1. The monoisotopic (exact) mass is 415 g/mol. The minimum atomic E-state index is -1.10. The number of hydrogen-bond acceptors (Lipinski definition) is 6. The van der Waals surface area contributed by atoms with Crippen LogP contribution < -0.4 is 16.1 Å². The Labute approximate surface area is 169 Å². The van der Waals surface area contributed by atoms with Crippen molar-refractivity contribution in [3.63, 3.8) is 0 Å². The van der Waals surface area contributed by atoms with Crippen LogP contribution in [0, 0.1) is 0 Å². The van der Waals surface area contributed by atoms with E-state index >= 15 is 0 Å². The highest BCUT2D eigenvalue weighted by atomic mass is 32.1. The quantitative estimate of drug-likeness (QED) is 0.361. The average Bonchev–Trinajstić information content (AvgIpc) is 3.25. The summed E-state index contributed by atoms with van der Waals surface area (Å²) in [6.45, 7) is 0.588. The van der Waals surface area contributed by atoms with Crippen LogP contribution in [0.25, 0.3) is 10.4 Å². The van der Waals surface area contributed by atoms with E-state index in [0.717, 1.165) is 16.0 Å². The third kappa shape index (κ3) is 5.16. The van der Waals surface area contributed by atoms with Crippen molar-refractivity contribution in [1.82, 2.24) is 5.09 Å². The van der Waals surface area contributed by atoms with Crippen molar-refractivity contribution < 1.29 is 13.8 Å². The Morgan fingerprint density at radius 1 is 1.11 bits per heavy atom. The number of amides is 1. The van der Waals surface area contributed by atoms with Gasteiger partial charge in [-0.1, -0.05) is 24.3 Å². The molecule has 1 amide bonds. The Morgan fingerprint density at radius 2 is 1.86 bits per heavy atom. The zero-order valence-electron chi connectivity index (χ0n) is 15.6. The molecule has 0 fully saturated rings. The van der Waals surface area contributed by atoms with Gasteiger partial charge in [0.2, 0.25) is 0 Å². The maximum Gasteiger partial charge on any atom is 0.255 e. The standard InChI is InChI=1S/C20H22N3O3PS/c1-25-27(26-2)22-13-14-5-7-15(8-6-14)20(24)23-18-12-16(9-10-17(18)21)19-4-3-11-28-19/h3-12,22H,13,21H2,1-2H3,(H,23,24). The molecular weight excluding hydrogens is 393 g/mol. The molecule has 8 heteroatoms. The van der Waals surface area contributed by atoms with Crippen LogP contribution in [0.5, 0.6) is 0 Å². The molecule has 0 radical (unpaired) electrons. The number of rotatable bonds is 8. The van der Waals surface area contributed by atoms with Gasteiger partial charge in [0.15, 0.2) is 0 Å². The molecular formula is C20H22N3O3PS. The van der Waals surface area contributed by atoms with Crippen LogP contribution in [-0.2, 0) is 15.6 Å². The Kier molecular flexibility index (Phi) is 7.14. The molecule has 146 valence electrons. The predicted molar refractivity (Wildman–Crippen MR) is 116 cm³/mol. The number of carbonyl (C=O) groups excluding carboxylic acids is 1. The lowest BCUT2D eigenvalue weighted by Crippen LogP contribution is -2.14. The van der Waals surface area contributed by atoms with Crippen LogP contribution in [0.15, 0.2) is 60.0 Å². The maximum atomic E-state index is 12.6. The lowest BCUT2D eigenvalue weighted by Gasteiger charge is -2.13. The molecule has 2 aromatic carbocycles. The number of nitrogen functional groups attached to an aromatic ring is 1. The zero-order valence-corrected chi connectivity index (χ0v) is 17.3. The summed E-state index contributed by atoms with van der Waals surface area (Å²) in [5.41, 5.74) is 9.79. The van der Waals surface area contributed by atoms with Gasteiger partial charge in [-0.15, -0.1) is 11.3 Å². The second-order valence-electron chi connectivity index (χ2n) is 5.89. The Hall–Kier alpha value is -2.28. The van der Waals surface area contributed by atoms with E-state index in [4.69, 9.17) is 14.8 Å². The van der Waals surface area contributed by atoms with Crippen molar-refractivity contribution in [2.75, 3.05) is 25.3 Å². The molecule has 0 saturated carbocycles. The molecule has 0 spiro atoms. The van der Waals surface area contributed by atoms with E-state index in [2.05, 4.69) is 10.4 Å². The molecule has 1 aromatic heterocycles. The van der Waals surface area contributed by atoms with Gasteiger partial charge < -0.3 is 20.1 Å². The smallest absolute Gasteiger partial charge is 0.255 e.